The van der Waals surface area contributed by atoms with Gasteiger partial charge in [-0.25, -0.2) is 9.97 Å². The molecule has 0 unspecified atom stereocenters. The molecule has 0 fully saturated rings. The SMILES string of the molecule is COCCNC(=O)c1cc(Nc2ccc(C)cc2C)nc(C)n1. The molecule has 0 saturated carbocycles. The van der Waals surface area contributed by atoms with Gasteiger partial charge >= 0.3 is 0 Å². The molecule has 1 heterocycles. The lowest BCUT2D eigenvalue weighted by Crippen LogP contribution is -2.28. The summed E-state index contributed by atoms with van der Waals surface area (Å²) >= 11 is 0. The van der Waals surface area contributed by atoms with E-state index in [0.29, 0.717) is 30.5 Å². The van der Waals surface area contributed by atoms with E-state index in [1.807, 2.05) is 26.0 Å². The smallest absolute Gasteiger partial charge is 0.270 e. The van der Waals surface area contributed by atoms with E-state index in [-0.39, 0.29) is 5.91 Å². The molecule has 23 heavy (non-hydrogen) atoms. The minimum atomic E-state index is -0.240. The van der Waals surface area contributed by atoms with Gasteiger partial charge in [-0.05, 0) is 32.4 Å². The number of nitrogens with zero attached hydrogens (tertiary/aromatic N) is 2. The molecule has 2 N–H and O–H groups in total. The maximum atomic E-state index is 12.1. The number of nitrogens with one attached hydrogen (secondary N) is 2. The van der Waals surface area contributed by atoms with Crippen LogP contribution in [0.15, 0.2) is 24.3 Å². The van der Waals surface area contributed by atoms with Gasteiger partial charge in [0.1, 0.15) is 17.3 Å². The Morgan fingerprint density at radius 3 is 2.65 bits per heavy atom. The number of hydrogen-bond donors (Lipinski definition) is 2. The highest BCUT2D eigenvalue weighted by atomic mass is 16.5. The molecule has 0 aliphatic heterocycles. The van der Waals surface area contributed by atoms with E-state index in [2.05, 4.69) is 26.7 Å². The maximum absolute atomic E-state index is 12.1. The third-order valence-electron chi connectivity index (χ3n) is 3.31. The van der Waals surface area contributed by atoms with Crippen molar-refractivity contribution in [1.82, 2.24) is 15.3 Å². The topological polar surface area (TPSA) is 76.1 Å². The summed E-state index contributed by atoms with van der Waals surface area (Å²) in [5.74, 6) is 0.897. The lowest BCUT2D eigenvalue weighted by molar-refractivity contribution is 0.0932. The lowest BCUT2D eigenvalue weighted by Gasteiger charge is -2.11. The molecule has 0 spiro atoms. The fourth-order valence-corrected chi connectivity index (χ4v) is 2.20. The van der Waals surface area contributed by atoms with Gasteiger partial charge in [0.2, 0.25) is 0 Å². The zero-order chi connectivity index (χ0) is 16.8. The van der Waals surface area contributed by atoms with Crippen LogP contribution in [0.3, 0.4) is 0 Å². The summed E-state index contributed by atoms with van der Waals surface area (Å²) in [5, 5.41) is 6.00. The van der Waals surface area contributed by atoms with Crippen LogP contribution in [-0.2, 0) is 4.74 Å². The van der Waals surface area contributed by atoms with Crippen molar-refractivity contribution in [2.75, 3.05) is 25.6 Å². The summed E-state index contributed by atoms with van der Waals surface area (Å²) < 4.78 is 4.92. The van der Waals surface area contributed by atoms with E-state index >= 15 is 0 Å². The molecule has 6 heteroatoms. The van der Waals surface area contributed by atoms with Crippen LogP contribution in [0.5, 0.6) is 0 Å². The molecule has 0 aliphatic carbocycles. The van der Waals surface area contributed by atoms with Crippen molar-refractivity contribution in [2.45, 2.75) is 20.8 Å². The van der Waals surface area contributed by atoms with Gasteiger partial charge in [-0.15, -0.1) is 0 Å². The number of rotatable bonds is 6. The standard InChI is InChI=1S/C17H22N4O2/c1-11-5-6-14(12(2)9-11)21-16-10-15(19-13(3)20-16)17(22)18-7-8-23-4/h5-6,9-10H,7-8H2,1-4H3,(H,18,22)(H,19,20,21). The third-order valence-corrected chi connectivity index (χ3v) is 3.31. The van der Waals surface area contributed by atoms with Crippen LogP contribution in [-0.4, -0.2) is 36.1 Å². The number of aryl methyl sites for hydroxylation is 3. The van der Waals surface area contributed by atoms with Crippen LogP contribution in [0.25, 0.3) is 0 Å². The summed E-state index contributed by atoms with van der Waals surface area (Å²) in [6.45, 7) is 6.75. The number of aromatic nitrogens is 2. The third kappa shape index (κ3) is 4.75. The first-order valence-electron chi connectivity index (χ1n) is 7.46. The van der Waals surface area contributed by atoms with E-state index in [9.17, 15) is 4.79 Å². The molecule has 0 atom stereocenters. The van der Waals surface area contributed by atoms with Crippen molar-refractivity contribution in [3.63, 3.8) is 0 Å². The molecule has 122 valence electrons. The van der Waals surface area contributed by atoms with Crippen LogP contribution in [0.4, 0.5) is 11.5 Å². The number of anilines is 2. The molecule has 0 bridgehead atoms. The second-order valence-corrected chi connectivity index (χ2v) is 5.38. The number of carbonyl (C=O) groups is 1. The van der Waals surface area contributed by atoms with Crippen molar-refractivity contribution in [3.05, 3.63) is 46.9 Å². The van der Waals surface area contributed by atoms with Crippen molar-refractivity contribution in [1.29, 1.82) is 0 Å². The Morgan fingerprint density at radius 2 is 1.96 bits per heavy atom. The minimum absolute atomic E-state index is 0.240. The zero-order valence-electron chi connectivity index (χ0n) is 13.9. The summed E-state index contributed by atoms with van der Waals surface area (Å²) in [6, 6.07) is 7.77. The molecular weight excluding hydrogens is 292 g/mol. The fraction of sp³-hybridized carbons (Fsp3) is 0.353. The average molecular weight is 314 g/mol. The highest BCUT2D eigenvalue weighted by Crippen LogP contribution is 2.20. The van der Waals surface area contributed by atoms with Gasteiger partial charge in [0.05, 0.1) is 6.61 Å². The molecule has 6 nitrogen and oxygen atoms in total. The number of benzene rings is 1. The van der Waals surface area contributed by atoms with Crippen molar-refractivity contribution >= 4 is 17.4 Å². The number of carbonyl (C=O) groups excluding carboxylic acids is 1. The number of methoxy groups -OCH3 is 1. The molecule has 0 aliphatic rings. The van der Waals surface area contributed by atoms with Gasteiger partial charge in [-0.1, -0.05) is 17.7 Å². The molecule has 1 aromatic carbocycles. The van der Waals surface area contributed by atoms with Crippen LogP contribution in [0, 0.1) is 20.8 Å². The quantitative estimate of drug-likeness (QED) is 0.801. The normalized spacial score (nSPS) is 10.4. The molecule has 2 rings (SSSR count). The Bertz CT molecular complexity index is 701. The van der Waals surface area contributed by atoms with Gasteiger partial charge in [-0.2, -0.15) is 0 Å². The lowest BCUT2D eigenvalue weighted by atomic mass is 10.1. The largest absolute Gasteiger partial charge is 0.383 e. The van der Waals surface area contributed by atoms with Crippen molar-refractivity contribution in [2.24, 2.45) is 0 Å². The van der Waals surface area contributed by atoms with E-state index < -0.39 is 0 Å². The summed E-state index contributed by atoms with van der Waals surface area (Å²) in [5.41, 5.74) is 3.61. The molecule has 0 radical (unpaired) electrons. The van der Waals surface area contributed by atoms with Gasteiger partial charge in [0.15, 0.2) is 0 Å². The highest BCUT2D eigenvalue weighted by molar-refractivity contribution is 5.93. The van der Waals surface area contributed by atoms with E-state index in [0.717, 1.165) is 11.3 Å². The predicted octanol–water partition coefficient (Wildman–Crippen LogP) is 2.52. The monoisotopic (exact) mass is 314 g/mol. The Hall–Kier alpha value is -2.47. The first kappa shape index (κ1) is 16.9. The van der Waals surface area contributed by atoms with Crippen LogP contribution in [0.1, 0.15) is 27.4 Å². The van der Waals surface area contributed by atoms with Crippen molar-refractivity contribution in [3.8, 4) is 0 Å². The molecular formula is C17H22N4O2. The van der Waals surface area contributed by atoms with E-state index in [1.54, 1.807) is 20.1 Å². The predicted molar refractivity (Wildman–Crippen MR) is 90.2 cm³/mol. The second kappa shape index (κ2) is 7.69. The number of amides is 1. The summed E-state index contributed by atoms with van der Waals surface area (Å²) in [7, 11) is 1.59. The van der Waals surface area contributed by atoms with Gasteiger partial charge < -0.3 is 15.4 Å². The molecule has 0 saturated heterocycles. The zero-order valence-corrected chi connectivity index (χ0v) is 13.9. The van der Waals surface area contributed by atoms with Crippen LogP contribution < -0.4 is 10.6 Å². The van der Waals surface area contributed by atoms with Crippen LogP contribution >= 0.6 is 0 Å². The molecule has 1 aromatic heterocycles. The second-order valence-electron chi connectivity index (χ2n) is 5.38. The summed E-state index contributed by atoms with van der Waals surface area (Å²) in [4.78, 5) is 20.6. The minimum Gasteiger partial charge on any atom is -0.383 e. The first-order chi connectivity index (χ1) is 11.0. The average Bonchev–Trinajstić information content (AvgIpc) is 2.50. The first-order valence-corrected chi connectivity index (χ1v) is 7.46. The molecule has 1 amide bonds. The van der Waals surface area contributed by atoms with Gasteiger partial charge in [-0.3, -0.25) is 4.79 Å². The fourth-order valence-electron chi connectivity index (χ4n) is 2.20. The van der Waals surface area contributed by atoms with Crippen LogP contribution in [0.2, 0.25) is 0 Å². The highest BCUT2D eigenvalue weighted by Gasteiger charge is 2.10. The number of hydrogen-bond acceptors (Lipinski definition) is 5. The molecule has 2 aromatic rings. The Kier molecular flexibility index (Phi) is 5.65. The van der Waals surface area contributed by atoms with Crippen molar-refractivity contribution < 1.29 is 9.53 Å². The summed E-state index contributed by atoms with van der Waals surface area (Å²) in [6.07, 6.45) is 0. The van der Waals surface area contributed by atoms with E-state index in [1.165, 1.54) is 5.56 Å². The Morgan fingerprint density at radius 1 is 1.17 bits per heavy atom. The number of ether oxygens (including phenoxy) is 1. The van der Waals surface area contributed by atoms with E-state index in [4.69, 9.17) is 4.74 Å². The maximum Gasteiger partial charge on any atom is 0.270 e. The Labute approximate surface area is 136 Å². The Balaban J connectivity index is 2.18. The van der Waals surface area contributed by atoms with Gasteiger partial charge in [0, 0.05) is 25.4 Å². The van der Waals surface area contributed by atoms with Gasteiger partial charge in [0.25, 0.3) is 5.91 Å².